The zero-order valence-electron chi connectivity index (χ0n) is 13.0. The van der Waals surface area contributed by atoms with Crippen LogP contribution in [0.4, 0.5) is 11.4 Å². The normalized spacial score (nSPS) is 15.5. The Morgan fingerprint density at radius 1 is 1.04 bits per heavy atom. The summed E-state index contributed by atoms with van der Waals surface area (Å²) < 4.78 is 0. The van der Waals surface area contributed by atoms with Crippen molar-refractivity contribution >= 4 is 23.1 Å². The number of carboxylic acid groups (broad SMARTS) is 1. The molecule has 23 heavy (non-hydrogen) atoms. The fraction of sp³-hybridized carbons (Fsp3) is 0.263. The van der Waals surface area contributed by atoms with Crippen LogP contribution in [-0.4, -0.2) is 16.9 Å². The van der Waals surface area contributed by atoms with Crippen molar-refractivity contribution in [2.24, 2.45) is 0 Å². The second kappa shape index (κ2) is 5.88. The van der Waals surface area contributed by atoms with Crippen molar-refractivity contribution in [1.29, 1.82) is 0 Å². The summed E-state index contributed by atoms with van der Waals surface area (Å²) in [4.78, 5) is 23.2. The molecule has 0 aromatic heterocycles. The lowest BCUT2D eigenvalue weighted by Crippen LogP contribution is -2.42. The second-order valence-electron chi connectivity index (χ2n) is 6.04. The predicted octanol–water partition coefficient (Wildman–Crippen LogP) is 4.14. The van der Waals surface area contributed by atoms with E-state index in [0.29, 0.717) is 18.4 Å². The van der Waals surface area contributed by atoms with Crippen molar-refractivity contribution in [1.82, 2.24) is 0 Å². The molecular formula is C19H19NO3. The van der Waals surface area contributed by atoms with Crippen molar-refractivity contribution in [2.75, 3.05) is 5.32 Å². The first-order valence-corrected chi connectivity index (χ1v) is 7.74. The molecule has 0 spiro atoms. The number of anilines is 2. The number of hydrogen-bond acceptors (Lipinski definition) is 3. The molecule has 2 aromatic carbocycles. The van der Waals surface area contributed by atoms with Crippen LogP contribution >= 0.6 is 0 Å². The lowest BCUT2D eigenvalue weighted by molar-refractivity contribution is -0.147. The molecule has 0 bridgehead atoms. The summed E-state index contributed by atoms with van der Waals surface area (Å²) in [6.45, 7) is 1.54. The van der Waals surface area contributed by atoms with E-state index in [1.54, 1.807) is 6.07 Å². The number of Topliss-reactive ketones (excluding diaryl/α,β-unsaturated/α-hetero) is 1. The Hall–Kier alpha value is -2.62. The van der Waals surface area contributed by atoms with Gasteiger partial charge in [-0.05, 0) is 49.6 Å². The maximum Gasteiger partial charge on any atom is 0.314 e. The van der Waals surface area contributed by atoms with E-state index in [-0.39, 0.29) is 5.78 Å². The van der Waals surface area contributed by atoms with Gasteiger partial charge in [-0.25, -0.2) is 0 Å². The summed E-state index contributed by atoms with van der Waals surface area (Å²) in [5.74, 6) is -0.740. The van der Waals surface area contributed by atoms with Gasteiger partial charge in [-0.3, -0.25) is 9.59 Å². The standard InChI is InChI=1S/C19H19NO3/c1-13(21)16-5-2-3-6-17(16)20-15-9-7-14(8-10-15)19(18(22)23)11-4-12-19/h2-3,5-10,20H,4,11-12H2,1H3,(H,22,23). The van der Waals surface area contributed by atoms with Crippen LogP contribution in [0.1, 0.15) is 42.1 Å². The third-order valence-electron chi connectivity index (χ3n) is 4.64. The van der Waals surface area contributed by atoms with Crippen molar-refractivity contribution in [3.05, 3.63) is 59.7 Å². The molecule has 1 aliphatic rings. The smallest absolute Gasteiger partial charge is 0.314 e. The summed E-state index contributed by atoms with van der Waals surface area (Å²) in [5.41, 5.74) is 2.36. The molecule has 0 aliphatic heterocycles. The summed E-state index contributed by atoms with van der Waals surface area (Å²) in [5, 5.41) is 12.7. The van der Waals surface area contributed by atoms with E-state index in [0.717, 1.165) is 23.4 Å². The molecule has 1 saturated carbocycles. The van der Waals surface area contributed by atoms with Gasteiger partial charge < -0.3 is 10.4 Å². The Labute approximate surface area is 135 Å². The minimum atomic E-state index is -0.744. The molecule has 0 atom stereocenters. The van der Waals surface area contributed by atoms with E-state index in [4.69, 9.17) is 0 Å². The van der Waals surface area contributed by atoms with E-state index in [2.05, 4.69) is 5.32 Å². The number of ketones is 1. The number of rotatable bonds is 5. The Morgan fingerprint density at radius 3 is 2.22 bits per heavy atom. The highest BCUT2D eigenvalue weighted by Gasteiger charge is 2.45. The highest BCUT2D eigenvalue weighted by molar-refractivity contribution is 6.00. The quantitative estimate of drug-likeness (QED) is 0.815. The number of hydrogen-bond donors (Lipinski definition) is 2. The third-order valence-corrected chi connectivity index (χ3v) is 4.64. The van der Waals surface area contributed by atoms with E-state index in [9.17, 15) is 14.7 Å². The molecule has 1 fully saturated rings. The number of benzene rings is 2. The van der Waals surface area contributed by atoms with E-state index >= 15 is 0 Å². The summed E-state index contributed by atoms with van der Waals surface area (Å²) >= 11 is 0. The van der Waals surface area contributed by atoms with Gasteiger partial charge in [-0.2, -0.15) is 0 Å². The number of carboxylic acids is 1. The molecule has 0 saturated heterocycles. The average molecular weight is 309 g/mol. The minimum Gasteiger partial charge on any atom is -0.481 e. The number of carbonyl (C=O) groups is 2. The van der Waals surface area contributed by atoms with Crippen molar-refractivity contribution in [3.8, 4) is 0 Å². The van der Waals surface area contributed by atoms with Gasteiger partial charge in [0.1, 0.15) is 0 Å². The van der Waals surface area contributed by atoms with Crippen molar-refractivity contribution in [2.45, 2.75) is 31.6 Å². The molecule has 2 aromatic rings. The minimum absolute atomic E-state index is 0.00372. The number of aliphatic carboxylic acids is 1. The fourth-order valence-electron chi connectivity index (χ4n) is 3.08. The molecule has 2 N–H and O–H groups in total. The summed E-state index contributed by atoms with van der Waals surface area (Å²) in [6, 6.07) is 14.8. The summed E-state index contributed by atoms with van der Waals surface area (Å²) in [6.07, 6.45) is 2.35. The fourth-order valence-corrected chi connectivity index (χ4v) is 3.08. The maximum atomic E-state index is 11.7. The Bertz CT molecular complexity index is 745. The number of para-hydroxylation sites is 1. The first-order valence-electron chi connectivity index (χ1n) is 7.74. The molecule has 4 heteroatoms. The van der Waals surface area contributed by atoms with E-state index in [1.807, 2.05) is 42.5 Å². The molecule has 118 valence electrons. The SMILES string of the molecule is CC(=O)c1ccccc1Nc1ccc(C2(C(=O)O)CCC2)cc1. The molecule has 4 nitrogen and oxygen atoms in total. The first-order chi connectivity index (χ1) is 11.0. The van der Waals surface area contributed by atoms with Crippen LogP contribution < -0.4 is 5.32 Å². The van der Waals surface area contributed by atoms with Gasteiger partial charge in [0, 0.05) is 16.9 Å². The van der Waals surface area contributed by atoms with E-state index < -0.39 is 11.4 Å². The van der Waals surface area contributed by atoms with E-state index in [1.165, 1.54) is 6.92 Å². The van der Waals surface area contributed by atoms with Gasteiger partial charge >= 0.3 is 5.97 Å². The van der Waals surface area contributed by atoms with Crippen molar-refractivity contribution in [3.63, 3.8) is 0 Å². The topological polar surface area (TPSA) is 66.4 Å². The van der Waals surface area contributed by atoms with Gasteiger partial charge in [0.2, 0.25) is 0 Å². The summed E-state index contributed by atoms with van der Waals surface area (Å²) in [7, 11) is 0. The largest absolute Gasteiger partial charge is 0.481 e. The van der Waals surface area contributed by atoms with Crippen LogP contribution in [0.15, 0.2) is 48.5 Å². The van der Waals surface area contributed by atoms with Crippen LogP contribution in [0, 0.1) is 0 Å². The maximum absolute atomic E-state index is 11.7. The molecule has 0 amide bonds. The van der Waals surface area contributed by atoms with Gasteiger partial charge in [0.25, 0.3) is 0 Å². The van der Waals surface area contributed by atoms with Crippen LogP contribution in [0.3, 0.4) is 0 Å². The average Bonchev–Trinajstić information content (AvgIpc) is 2.48. The Balaban J connectivity index is 1.84. The van der Waals surface area contributed by atoms with Crippen LogP contribution in [-0.2, 0) is 10.2 Å². The van der Waals surface area contributed by atoms with Crippen LogP contribution in [0.5, 0.6) is 0 Å². The zero-order valence-corrected chi connectivity index (χ0v) is 13.0. The lowest BCUT2D eigenvalue weighted by Gasteiger charge is -2.38. The molecular weight excluding hydrogens is 290 g/mol. The highest BCUT2D eigenvalue weighted by atomic mass is 16.4. The lowest BCUT2D eigenvalue weighted by atomic mass is 9.64. The predicted molar refractivity (Wildman–Crippen MR) is 89.3 cm³/mol. The Kier molecular flexibility index (Phi) is 3.90. The number of carbonyl (C=O) groups excluding carboxylic acids is 1. The molecule has 0 heterocycles. The molecule has 0 radical (unpaired) electrons. The third kappa shape index (κ3) is 2.72. The van der Waals surface area contributed by atoms with Gasteiger partial charge in [0.05, 0.1) is 5.41 Å². The molecule has 1 aliphatic carbocycles. The Morgan fingerprint density at radius 2 is 1.70 bits per heavy atom. The molecule has 0 unspecified atom stereocenters. The van der Waals surface area contributed by atoms with Crippen molar-refractivity contribution < 1.29 is 14.7 Å². The van der Waals surface area contributed by atoms with Crippen LogP contribution in [0.25, 0.3) is 0 Å². The van der Waals surface area contributed by atoms with Gasteiger partial charge in [-0.15, -0.1) is 0 Å². The monoisotopic (exact) mass is 309 g/mol. The zero-order chi connectivity index (χ0) is 16.4. The number of nitrogens with one attached hydrogen (secondary N) is 1. The first kappa shape index (κ1) is 15.3. The van der Waals surface area contributed by atoms with Crippen LogP contribution in [0.2, 0.25) is 0 Å². The second-order valence-corrected chi connectivity index (χ2v) is 6.04. The molecule has 3 rings (SSSR count). The highest BCUT2D eigenvalue weighted by Crippen LogP contribution is 2.44. The van der Waals surface area contributed by atoms with Gasteiger partial charge in [0.15, 0.2) is 5.78 Å². The van der Waals surface area contributed by atoms with Gasteiger partial charge in [-0.1, -0.05) is 30.7 Å².